The zero-order chi connectivity index (χ0) is 23.3. The maximum atomic E-state index is 12.8. The van der Waals surface area contributed by atoms with Crippen LogP contribution in [0, 0.1) is 11.3 Å². The Morgan fingerprint density at radius 2 is 2.03 bits per heavy atom. The van der Waals surface area contributed by atoms with Crippen LogP contribution >= 0.6 is 0 Å². The molecule has 2 aromatic heterocycles. The van der Waals surface area contributed by atoms with E-state index in [9.17, 15) is 22.8 Å². The van der Waals surface area contributed by atoms with Crippen molar-refractivity contribution in [3.63, 3.8) is 0 Å². The summed E-state index contributed by atoms with van der Waals surface area (Å²) in [7, 11) is 0. The Balaban J connectivity index is 1.48. The van der Waals surface area contributed by atoms with Gasteiger partial charge in [0.2, 0.25) is 5.91 Å². The minimum atomic E-state index is -4.91. The SMILES string of the molecule is N#Cc1ccc([C@H]2C[C@@H]2c2cc(C3CNC(=O)NC3=O)nn3ccnc23)cc1OC(F)(F)F. The zero-order valence-corrected chi connectivity index (χ0v) is 16.8. The van der Waals surface area contributed by atoms with E-state index in [0.717, 1.165) is 5.56 Å². The molecule has 33 heavy (non-hydrogen) atoms. The van der Waals surface area contributed by atoms with E-state index in [1.807, 2.05) is 0 Å². The van der Waals surface area contributed by atoms with Crippen molar-refractivity contribution in [3.8, 4) is 11.8 Å². The highest BCUT2D eigenvalue weighted by Gasteiger charge is 2.43. The van der Waals surface area contributed by atoms with Crippen LogP contribution in [0.25, 0.3) is 5.65 Å². The number of nitrogens with zero attached hydrogens (tertiary/aromatic N) is 4. The molecule has 3 heterocycles. The summed E-state index contributed by atoms with van der Waals surface area (Å²) in [6.07, 6.45) is -1.08. The van der Waals surface area contributed by atoms with Gasteiger partial charge >= 0.3 is 12.4 Å². The lowest BCUT2D eigenvalue weighted by Crippen LogP contribution is -2.51. The second kappa shape index (κ2) is 7.47. The third kappa shape index (κ3) is 3.93. The average molecular weight is 456 g/mol. The first-order valence-corrected chi connectivity index (χ1v) is 9.96. The molecule has 2 aliphatic rings. The highest BCUT2D eigenvalue weighted by atomic mass is 19.4. The third-order valence-corrected chi connectivity index (χ3v) is 5.75. The molecule has 1 saturated heterocycles. The molecule has 1 aliphatic carbocycles. The number of benzene rings is 1. The van der Waals surface area contributed by atoms with Crippen molar-refractivity contribution in [2.45, 2.75) is 30.5 Å². The van der Waals surface area contributed by atoms with Gasteiger partial charge in [-0.2, -0.15) is 10.4 Å². The highest BCUT2D eigenvalue weighted by molar-refractivity contribution is 6.00. The highest BCUT2D eigenvalue weighted by Crippen LogP contribution is 2.56. The van der Waals surface area contributed by atoms with Crippen molar-refractivity contribution >= 4 is 17.6 Å². The second-order valence-corrected chi connectivity index (χ2v) is 7.84. The second-order valence-electron chi connectivity index (χ2n) is 7.84. The fourth-order valence-corrected chi connectivity index (χ4v) is 4.15. The van der Waals surface area contributed by atoms with E-state index in [4.69, 9.17) is 5.26 Å². The lowest BCUT2D eigenvalue weighted by molar-refractivity contribution is -0.274. The number of imidazole rings is 1. The molecule has 2 fully saturated rings. The topological polar surface area (TPSA) is 121 Å². The first-order chi connectivity index (χ1) is 15.7. The van der Waals surface area contributed by atoms with E-state index in [2.05, 4.69) is 25.5 Å². The average Bonchev–Trinajstić information content (AvgIpc) is 3.40. The predicted octanol–water partition coefficient (Wildman–Crippen LogP) is 2.69. The van der Waals surface area contributed by atoms with Gasteiger partial charge in [0.25, 0.3) is 0 Å². The molecule has 0 radical (unpaired) electrons. The molecule has 0 spiro atoms. The smallest absolute Gasteiger partial charge is 0.404 e. The Bertz CT molecular complexity index is 1330. The number of carbonyl (C=O) groups excluding carboxylic acids is 2. The summed E-state index contributed by atoms with van der Waals surface area (Å²) in [4.78, 5) is 28.0. The van der Waals surface area contributed by atoms with E-state index in [1.54, 1.807) is 35.1 Å². The summed E-state index contributed by atoms with van der Waals surface area (Å²) in [6, 6.07) is 7.05. The van der Waals surface area contributed by atoms with Crippen LogP contribution in [0.4, 0.5) is 18.0 Å². The van der Waals surface area contributed by atoms with Crippen molar-refractivity contribution in [2.24, 2.45) is 0 Å². The van der Waals surface area contributed by atoms with E-state index >= 15 is 0 Å². The molecule has 3 amide bonds. The minimum Gasteiger partial charge on any atom is -0.404 e. The summed E-state index contributed by atoms with van der Waals surface area (Å²) in [5, 5.41) is 18.3. The van der Waals surface area contributed by atoms with Crippen LogP contribution < -0.4 is 15.4 Å². The molecule has 168 valence electrons. The number of amides is 3. The van der Waals surface area contributed by atoms with Gasteiger partial charge in [0.05, 0.1) is 17.2 Å². The summed E-state index contributed by atoms with van der Waals surface area (Å²) in [5.74, 6) is -1.89. The van der Waals surface area contributed by atoms with E-state index < -0.39 is 30.0 Å². The predicted molar refractivity (Wildman–Crippen MR) is 105 cm³/mol. The maximum absolute atomic E-state index is 12.8. The normalized spacial score (nSPS) is 22.4. The van der Waals surface area contributed by atoms with Crippen LogP contribution in [0.2, 0.25) is 0 Å². The minimum absolute atomic E-state index is 0.0791. The Morgan fingerprint density at radius 3 is 2.76 bits per heavy atom. The number of hydrogen-bond acceptors (Lipinski definition) is 6. The Morgan fingerprint density at radius 1 is 1.21 bits per heavy atom. The Hall–Kier alpha value is -4.14. The zero-order valence-electron chi connectivity index (χ0n) is 16.8. The number of hydrogen-bond donors (Lipinski definition) is 2. The number of alkyl halides is 3. The molecule has 1 aromatic carbocycles. The molecule has 1 aliphatic heterocycles. The molecule has 12 heteroatoms. The molecule has 5 rings (SSSR count). The molecule has 0 bridgehead atoms. The third-order valence-electron chi connectivity index (χ3n) is 5.75. The van der Waals surface area contributed by atoms with Gasteiger partial charge in [-0.15, -0.1) is 13.2 Å². The fourth-order valence-electron chi connectivity index (χ4n) is 4.15. The number of nitrogens with one attached hydrogen (secondary N) is 2. The van der Waals surface area contributed by atoms with Gasteiger partial charge in [-0.05, 0) is 42.0 Å². The standard InChI is InChI=1S/C21H15F3N6O3/c22-21(23,24)33-17-5-10(1-2-11(17)8-25)12-6-13(12)14-7-16(29-30-4-3-26-18(14)30)15-9-27-20(32)28-19(15)31/h1-5,7,12-13,15H,6,9H2,(H2,27,28,31,32)/t12-,13+,15?/m1/s1. The summed E-state index contributed by atoms with van der Waals surface area (Å²) < 4.78 is 43.8. The van der Waals surface area contributed by atoms with Crippen LogP contribution in [0.3, 0.4) is 0 Å². The molecule has 9 nitrogen and oxygen atoms in total. The van der Waals surface area contributed by atoms with E-state index in [0.29, 0.717) is 23.3 Å². The Kier molecular flexibility index (Phi) is 4.70. The first-order valence-electron chi connectivity index (χ1n) is 9.96. The number of urea groups is 1. The first kappa shape index (κ1) is 20.7. The van der Waals surface area contributed by atoms with Crippen molar-refractivity contribution in [3.05, 3.63) is 59.0 Å². The number of imide groups is 1. The van der Waals surface area contributed by atoms with Crippen LogP contribution in [-0.2, 0) is 4.79 Å². The van der Waals surface area contributed by atoms with Gasteiger partial charge in [0.15, 0.2) is 5.65 Å². The molecule has 3 aromatic rings. The monoisotopic (exact) mass is 456 g/mol. The number of carbonyl (C=O) groups is 2. The van der Waals surface area contributed by atoms with Gasteiger partial charge < -0.3 is 10.1 Å². The molecule has 2 N–H and O–H groups in total. The van der Waals surface area contributed by atoms with Crippen molar-refractivity contribution in [1.82, 2.24) is 25.2 Å². The van der Waals surface area contributed by atoms with Gasteiger partial charge in [-0.25, -0.2) is 14.3 Å². The van der Waals surface area contributed by atoms with Crippen molar-refractivity contribution in [2.75, 3.05) is 6.54 Å². The molecule has 3 atom stereocenters. The molecule has 1 unspecified atom stereocenters. The number of fused-ring (bicyclic) bond motifs is 1. The lowest BCUT2D eigenvalue weighted by Gasteiger charge is -2.22. The summed E-state index contributed by atoms with van der Waals surface area (Å²) in [5.41, 5.74) is 2.21. The fraction of sp³-hybridized carbons (Fsp3) is 0.286. The number of nitriles is 1. The van der Waals surface area contributed by atoms with Gasteiger partial charge in [-0.3, -0.25) is 10.1 Å². The molecular formula is C21H15F3N6O3. The molecular weight excluding hydrogens is 441 g/mol. The number of aromatic nitrogens is 3. The number of rotatable bonds is 4. The van der Waals surface area contributed by atoms with E-state index in [-0.39, 0.29) is 23.9 Å². The quantitative estimate of drug-likeness (QED) is 0.623. The van der Waals surface area contributed by atoms with Gasteiger partial charge in [0, 0.05) is 24.5 Å². The van der Waals surface area contributed by atoms with Crippen LogP contribution in [-0.4, -0.2) is 39.4 Å². The van der Waals surface area contributed by atoms with Crippen LogP contribution in [0.1, 0.15) is 46.6 Å². The largest absolute Gasteiger partial charge is 0.573 e. The number of ether oxygens (including phenoxy) is 1. The van der Waals surface area contributed by atoms with Crippen LogP contribution in [0.5, 0.6) is 5.75 Å². The van der Waals surface area contributed by atoms with Gasteiger partial charge in [0.1, 0.15) is 11.8 Å². The van der Waals surface area contributed by atoms with Crippen LogP contribution in [0.15, 0.2) is 36.7 Å². The van der Waals surface area contributed by atoms with Gasteiger partial charge in [-0.1, -0.05) is 6.07 Å². The molecule has 1 saturated carbocycles. The lowest BCUT2D eigenvalue weighted by atomic mass is 9.98. The maximum Gasteiger partial charge on any atom is 0.573 e. The summed E-state index contributed by atoms with van der Waals surface area (Å²) in [6.45, 7) is 0.0964. The van der Waals surface area contributed by atoms with Crippen molar-refractivity contribution < 1.29 is 27.5 Å². The number of halogens is 3. The van der Waals surface area contributed by atoms with E-state index in [1.165, 1.54) is 12.1 Å². The Labute approximate surface area is 184 Å². The summed E-state index contributed by atoms with van der Waals surface area (Å²) >= 11 is 0. The van der Waals surface area contributed by atoms with Crippen molar-refractivity contribution in [1.29, 1.82) is 5.26 Å².